The summed E-state index contributed by atoms with van der Waals surface area (Å²) in [5, 5.41) is 2.36. The highest BCUT2D eigenvalue weighted by Crippen LogP contribution is 2.12. The lowest BCUT2D eigenvalue weighted by atomic mass is 10.2. The Morgan fingerprint density at radius 2 is 1.88 bits per heavy atom. The highest BCUT2D eigenvalue weighted by atomic mass is 79.9. The van der Waals surface area contributed by atoms with Crippen LogP contribution in [0.1, 0.15) is 10.4 Å². The molecule has 0 unspecified atom stereocenters. The molecule has 24 heavy (non-hydrogen) atoms. The number of hydrogen-bond donors (Lipinski definition) is 1. The molecule has 1 aromatic heterocycles. The largest absolute Gasteiger partial charge is 0.452 e. The Labute approximate surface area is 144 Å². The summed E-state index contributed by atoms with van der Waals surface area (Å²) in [5.74, 6) is -1.31. The van der Waals surface area contributed by atoms with Crippen molar-refractivity contribution in [1.82, 2.24) is 9.13 Å². The van der Waals surface area contributed by atoms with Gasteiger partial charge in [-0.05, 0) is 18.2 Å². The maximum absolute atomic E-state index is 11.9. The molecule has 0 aliphatic rings. The van der Waals surface area contributed by atoms with Crippen LogP contribution in [-0.2, 0) is 23.6 Å². The fraction of sp³-hybridized carbons (Fsp3) is 0.200. The van der Waals surface area contributed by atoms with Gasteiger partial charge in [0.15, 0.2) is 6.61 Å². The van der Waals surface area contributed by atoms with Crippen molar-refractivity contribution in [2.24, 2.45) is 14.1 Å². The van der Waals surface area contributed by atoms with Gasteiger partial charge in [-0.2, -0.15) is 0 Å². The van der Waals surface area contributed by atoms with E-state index >= 15 is 0 Å². The Kier molecular flexibility index (Phi) is 5.35. The fourth-order valence-electron chi connectivity index (χ4n) is 1.86. The molecule has 8 nitrogen and oxygen atoms in total. The van der Waals surface area contributed by atoms with Gasteiger partial charge >= 0.3 is 11.7 Å². The van der Waals surface area contributed by atoms with E-state index in [1.54, 1.807) is 24.3 Å². The number of nitrogens with one attached hydrogen (secondary N) is 1. The Morgan fingerprint density at radius 1 is 1.17 bits per heavy atom. The number of amides is 1. The minimum absolute atomic E-state index is 0.0200. The van der Waals surface area contributed by atoms with Gasteiger partial charge in [-0.15, -0.1) is 0 Å². The monoisotopic (exact) mass is 395 g/mol. The zero-order valence-electron chi connectivity index (χ0n) is 12.9. The second-order valence-electron chi connectivity index (χ2n) is 4.90. The zero-order valence-corrected chi connectivity index (χ0v) is 14.5. The van der Waals surface area contributed by atoms with Crippen molar-refractivity contribution in [2.45, 2.75) is 0 Å². The molecule has 0 spiro atoms. The van der Waals surface area contributed by atoms with Crippen molar-refractivity contribution >= 4 is 33.6 Å². The third kappa shape index (κ3) is 3.99. The van der Waals surface area contributed by atoms with E-state index in [0.717, 1.165) is 15.2 Å². The molecule has 0 bridgehead atoms. The number of nitrogens with zero attached hydrogens (tertiary/aromatic N) is 2. The summed E-state index contributed by atoms with van der Waals surface area (Å²) < 4.78 is 7.62. The van der Waals surface area contributed by atoms with Crippen molar-refractivity contribution in [1.29, 1.82) is 0 Å². The molecule has 0 saturated carbocycles. The minimum atomic E-state index is -0.665. The van der Waals surface area contributed by atoms with Gasteiger partial charge < -0.3 is 10.1 Å². The predicted octanol–water partition coefficient (Wildman–Crippen LogP) is 0.642. The van der Waals surface area contributed by atoms with Crippen molar-refractivity contribution in [2.75, 3.05) is 11.9 Å². The molecular formula is C15H14BrN3O5. The zero-order chi connectivity index (χ0) is 17.9. The molecule has 9 heteroatoms. The maximum atomic E-state index is 11.9. The number of esters is 1. The van der Waals surface area contributed by atoms with Gasteiger partial charge in [0.1, 0.15) is 5.82 Å². The van der Waals surface area contributed by atoms with Gasteiger partial charge in [0, 0.05) is 24.6 Å². The van der Waals surface area contributed by atoms with Crippen LogP contribution in [0.3, 0.4) is 0 Å². The second kappa shape index (κ2) is 7.26. The van der Waals surface area contributed by atoms with E-state index in [0.29, 0.717) is 4.47 Å². The summed E-state index contributed by atoms with van der Waals surface area (Å²) in [6, 6.07) is 7.63. The first-order chi connectivity index (χ1) is 11.3. The summed E-state index contributed by atoms with van der Waals surface area (Å²) in [6.07, 6.45) is 0. The van der Waals surface area contributed by atoms with E-state index in [-0.39, 0.29) is 11.4 Å². The number of halogens is 1. The summed E-state index contributed by atoms with van der Waals surface area (Å²) >= 11 is 3.23. The van der Waals surface area contributed by atoms with Gasteiger partial charge in [0.25, 0.3) is 11.5 Å². The molecule has 0 saturated heterocycles. The number of benzene rings is 1. The molecule has 1 amide bonds. The molecule has 0 atom stereocenters. The maximum Gasteiger partial charge on any atom is 0.338 e. The average molecular weight is 396 g/mol. The highest BCUT2D eigenvalue weighted by Gasteiger charge is 2.13. The summed E-state index contributed by atoms with van der Waals surface area (Å²) in [5.41, 5.74) is -0.846. The lowest BCUT2D eigenvalue weighted by molar-refractivity contribution is -0.119. The van der Waals surface area contributed by atoms with Crippen LogP contribution in [0.2, 0.25) is 0 Å². The fourth-order valence-corrected chi connectivity index (χ4v) is 2.26. The van der Waals surface area contributed by atoms with Gasteiger partial charge in [-0.3, -0.25) is 18.7 Å². The lowest BCUT2D eigenvalue weighted by Crippen LogP contribution is -2.38. The predicted molar refractivity (Wildman–Crippen MR) is 90.0 cm³/mol. The minimum Gasteiger partial charge on any atom is -0.452 e. The average Bonchev–Trinajstić information content (AvgIpc) is 2.55. The number of hydrogen-bond acceptors (Lipinski definition) is 5. The van der Waals surface area contributed by atoms with Crippen LogP contribution in [0, 0.1) is 0 Å². The third-order valence-corrected chi connectivity index (χ3v) is 3.68. The second-order valence-corrected chi connectivity index (χ2v) is 5.82. The molecule has 126 valence electrons. The summed E-state index contributed by atoms with van der Waals surface area (Å²) in [7, 11) is 2.74. The standard InChI is InChI=1S/C15H14BrN3O5/c1-18-11(7-13(21)19(2)15(18)23)17-12(20)8-24-14(22)9-4-3-5-10(16)6-9/h3-7H,8H2,1-2H3,(H,17,20). The van der Waals surface area contributed by atoms with E-state index < -0.39 is 29.7 Å². The van der Waals surface area contributed by atoms with Gasteiger partial charge in [-0.1, -0.05) is 22.0 Å². The topological polar surface area (TPSA) is 99.4 Å². The van der Waals surface area contributed by atoms with E-state index in [9.17, 15) is 19.2 Å². The van der Waals surface area contributed by atoms with Crippen LogP contribution < -0.4 is 16.6 Å². The van der Waals surface area contributed by atoms with Crippen LogP contribution in [0.4, 0.5) is 5.82 Å². The normalized spacial score (nSPS) is 10.3. The molecule has 1 aromatic carbocycles. The molecule has 2 rings (SSSR count). The van der Waals surface area contributed by atoms with E-state index in [1.165, 1.54) is 14.1 Å². The molecule has 0 fully saturated rings. The number of carbonyl (C=O) groups excluding carboxylic acids is 2. The molecule has 0 aliphatic heterocycles. The number of aromatic nitrogens is 2. The number of carbonyl (C=O) groups is 2. The molecule has 1 N–H and O–H groups in total. The Bertz CT molecular complexity index is 916. The van der Waals surface area contributed by atoms with Crippen molar-refractivity contribution in [3.63, 3.8) is 0 Å². The van der Waals surface area contributed by atoms with Gasteiger partial charge in [0.05, 0.1) is 5.56 Å². The first-order valence-corrected chi connectivity index (χ1v) is 7.58. The summed E-state index contributed by atoms with van der Waals surface area (Å²) in [4.78, 5) is 47.0. The number of rotatable bonds is 4. The van der Waals surface area contributed by atoms with Crippen LogP contribution in [0.25, 0.3) is 0 Å². The van der Waals surface area contributed by atoms with Gasteiger partial charge in [0.2, 0.25) is 0 Å². The van der Waals surface area contributed by atoms with Crippen molar-refractivity contribution < 1.29 is 14.3 Å². The third-order valence-electron chi connectivity index (χ3n) is 3.19. The number of anilines is 1. The van der Waals surface area contributed by atoms with E-state index in [1.807, 2.05) is 0 Å². The molecule has 0 aliphatic carbocycles. The van der Waals surface area contributed by atoms with E-state index in [4.69, 9.17) is 4.74 Å². The van der Waals surface area contributed by atoms with Crippen LogP contribution in [0.15, 0.2) is 44.4 Å². The van der Waals surface area contributed by atoms with Crippen molar-refractivity contribution in [3.05, 3.63) is 61.2 Å². The molecule has 2 aromatic rings. The smallest absolute Gasteiger partial charge is 0.338 e. The number of ether oxygens (including phenoxy) is 1. The lowest BCUT2D eigenvalue weighted by Gasteiger charge is -2.11. The van der Waals surface area contributed by atoms with Gasteiger partial charge in [-0.25, -0.2) is 9.59 Å². The Hall–Kier alpha value is -2.68. The van der Waals surface area contributed by atoms with Crippen LogP contribution in [0.5, 0.6) is 0 Å². The van der Waals surface area contributed by atoms with Crippen LogP contribution >= 0.6 is 15.9 Å². The molecule has 0 radical (unpaired) electrons. The Balaban J connectivity index is 2.03. The SMILES string of the molecule is Cn1c(NC(=O)COC(=O)c2cccc(Br)c2)cc(=O)n(C)c1=O. The van der Waals surface area contributed by atoms with E-state index in [2.05, 4.69) is 21.2 Å². The van der Waals surface area contributed by atoms with Crippen molar-refractivity contribution in [3.8, 4) is 0 Å². The molecule has 1 heterocycles. The first kappa shape index (κ1) is 17.7. The first-order valence-electron chi connectivity index (χ1n) is 6.79. The quantitative estimate of drug-likeness (QED) is 0.765. The molecular weight excluding hydrogens is 382 g/mol. The highest BCUT2D eigenvalue weighted by molar-refractivity contribution is 9.10. The Morgan fingerprint density at radius 3 is 2.54 bits per heavy atom. The summed E-state index contributed by atoms with van der Waals surface area (Å²) in [6.45, 7) is -0.547. The van der Waals surface area contributed by atoms with Crippen LogP contribution in [-0.4, -0.2) is 27.6 Å².